The van der Waals surface area contributed by atoms with E-state index in [0.29, 0.717) is 5.75 Å². The van der Waals surface area contributed by atoms with Crippen LogP contribution >= 0.6 is 24.4 Å². The average Bonchev–Trinajstić information content (AvgIpc) is 2.80. The van der Waals surface area contributed by atoms with E-state index in [2.05, 4.69) is 49.0 Å². The summed E-state index contributed by atoms with van der Waals surface area (Å²) in [6.07, 6.45) is 1.69. The van der Waals surface area contributed by atoms with E-state index in [4.69, 9.17) is 9.84 Å². The Morgan fingerprint density at radius 3 is 2.14 bits per heavy atom. The Morgan fingerprint density at radius 2 is 1.52 bits per heavy atom. The molecule has 0 fully saturated rings. The van der Waals surface area contributed by atoms with Crippen LogP contribution in [0.4, 0.5) is 0 Å². The van der Waals surface area contributed by atoms with Gasteiger partial charge in [-0.15, -0.1) is 11.8 Å². The number of thiol groups is 1. The lowest BCUT2D eigenvalue weighted by atomic mass is 10.0. The minimum atomic E-state index is -0.975. The highest BCUT2D eigenvalue weighted by atomic mass is 32.2. The number of carbonyl (C=O) groups is 1. The lowest BCUT2D eigenvalue weighted by Gasteiger charge is -2.07. The monoisotopic (exact) mass is 428 g/mol. The van der Waals surface area contributed by atoms with Crippen LogP contribution in [0.5, 0.6) is 5.75 Å². The quantitative estimate of drug-likeness (QED) is 0.325. The van der Waals surface area contributed by atoms with Gasteiger partial charge in [-0.25, -0.2) is 4.79 Å². The van der Waals surface area contributed by atoms with Crippen LogP contribution in [0.25, 0.3) is 11.1 Å². The first kappa shape index (κ1) is 24.7. The van der Waals surface area contributed by atoms with Crippen molar-refractivity contribution in [2.75, 3.05) is 12.9 Å². The van der Waals surface area contributed by atoms with Crippen molar-refractivity contribution in [3.05, 3.63) is 84.4 Å². The number of rotatable bonds is 7. The van der Waals surface area contributed by atoms with Gasteiger partial charge in [0, 0.05) is 10.6 Å². The number of benzene rings is 3. The Hall–Kier alpha value is -2.37. The molecule has 0 unspecified atom stereocenters. The maximum Gasteiger partial charge on any atom is 0.341 e. The Bertz CT molecular complexity index is 834. The molecule has 3 rings (SSSR count). The molecule has 3 aromatic carbocycles. The highest BCUT2D eigenvalue weighted by Gasteiger charge is 2.02. The summed E-state index contributed by atoms with van der Waals surface area (Å²) in [6, 6.07) is 26.4. The fraction of sp³-hybridized carbons (Fsp3) is 0.208. The molecule has 0 bridgehead atoms. The molecule has 0 saturated carbocycles. The summed E-state index contributed by atoms with van der Waals surface area (Å²) in [5.74, 6) is 0.463. The number of thioether (sulfide) groups is 1. The van der Waals surface area contributed by atoms with Gasteiger partial charge in [0.15, 0.2) is 6.61 Å². The highest BCUT2D eigenvalue weighted by Crippen LogP contribution is 2.27. The Morgan fingerprint density at radius 1 is 0.897 bits per heavy atom. The molecule has 0 amide bonds. The second-order valence-electron chi connectivity index (χ2n) is 5.51. The summed E-state index contributed by atoms with van der Waals surface area (Å²) in [7, 11) is 0. The summed E-state index contributed by atoms with van der Waals surface area (Å²) in [4.78, 5) is 11.6. The second kappa shape index (κ2) is 14.6. The van der Waals surface area contributed by atoms with Crippen molar-refractivity contribution in [1.29, 1.82) is 0 Å². The molecule has 0 aromatic heterocycles. The summed E-state index contributed by atoms with van der Waals surface area (Å²) < 4.78 is 5.14. The van der Waals surface area contributed by atoms with Crippen molar-refractivity contribution in [2.45, 2.75) is 24.5 Å². The Balaban J connectivity index is 0.000000989. The van der Waals surface area contributed by atoms with Gasteiger partial charge in [-0.2, -0.15) is 12.6 Å². The first-order valence-electron chi connectivity index (χ1n) is 9.37. The minimum Gasteiger partial charge on any atom is -0.482 e. The molecule has 0 aliphatic rings. The average molecular weight is 429 g/mol. The van der Waals surface area contributed by atoms with E-state index in [1.807, 2.05) is 44.2 Å². The third-order valence-electron chi connectivity index (χ3n) is 3.63. The number of ether oxygens (including phenoxy) is 1. The number of carboxylic acids is 1. The maximum absolute atomic E-state index is 10.5. The summed E-state index contributed by atoms with van der Waals surface area (Å²) in [5.41, 5.74) is 3.70. The molecule has 0 heterocycles. The third-order valence-corrected chi connectivity index (χ3v) is 4.71. The molecule has 29 heavy (non-hydrogen) atoms. The largest absolute Gasteiger partial charge is 0.482 e. The van der Waals surface area contributed by atoms with Gasteiger partial charge in [0.25, 0.3) is 0 Å². The van der Waals surface area contributed by atoms with E-state index in [0.717, 1.165) is 10.6 Å². The number of hydrogen-bond acceptors (Lipinski definition) is 4. The molecule has 3 aromatic rings. The van der Waals surface area contributed by atoms with Crippen molar-refractivity contribution in [2.24, 2.45) is 0 Å². The minimum absolute atomic E-state index is 0.321. The van der Waals surface area contributed by atoms with Crippen LogP contribution in [-0.2, 0) is 10.5 Å². The zero-order valence-corrected chi connectivity index (χ0v) is 18.7. The number of hydrogen-bond donors (Lipinski definition) is 2. The first-order chi connectivity index (χ1) is 14.2. The van der Waals surface area contributed by atoms with Crippen LogP contribution in [0.1, 0.15) is 19.4 Å². The predicted molar refractivity (Wildman–Crippen MR) is 127 cm³/mol. The second-order valence-corrected chi connectivity index (χ2v) is 6.56. The third kappa shape index (κ3) is 9.11. The summed E-state index contributed by atoms with van der Waals surface area (Å²) in [6.45, 7) is 3.68. The van der Waals surface area contributed by atoms with E-state index in [1.54, 1.807) is 30.2 Å². The first-order valence-corrected chi connectivity index (χ1v) is 11.3. The molecule has 0 saturated heterocycles. The summed E-state index contributed by atoms with van der Waals surface area (Å²) >= 11 is 5.27. The molecule has 0 spiro atoms. The zero-order chi connectivity index (χ0) is 21.5. The van der Waals surface area contributed by atoms with E-state index in [-0.39, 0.29) is 6.61 Å². The standard InChI is InChI=1S/C21H18O3S.C2H6.CH4S/c22-21(23)14-24-19-9-11-20(12-10-19)25-15-16-5-4-8-18(13-16)17-6-2-1-3-7-17;2*1-2/h1-13H,14-15H2,(H,22,23);1-2H3;2H,1H3. The van der Waals surface area contributed by atoms with E-state index in [1.165, 1.54) is 16.7 Å². The van der Waals surface area contributed by atoms with E-state index >= 15 is 0 Å². The molecular weight excluding hydrogens is 400 g/mol. The molecule has 0 aliphatic carbocycles. The van der Waals surface area contributed by atoms with Crippen LogP contribution < -0.4 is 4.74 Å². The van der Waals surface area contributed by atoms with Gasteiger partial charge in [-0.3, -0.25) is 0 Å². The van der Waals surface area contributed by atoms with Gasteiger partial charge in [0.2, 0.25) is 0 Å². The molecule has 5 heteroatoms. The molecule has 154 valence electrons. The van der Waals surface area contributed by atoms with Crippen LogP contribution in [0.3, 0.4) is 0 Å². The molecule has 0 aliphatic heterocycles. The molecule has 0 radical (unpaired) electrons. The van der Waals surface area contributed by atoms with Gasteiger partial charge in [-0.1, -0.05) is 68.4 Å². The van der Waals surface area contributed by atoms with Crippen molar-refractivity contribution in [1.82, 2.24) is 0 Å². The number of aliphatic carboxylic acids is 1. The molecular formula is C24H28O3S2. The number of carboxylic acid groups (broad SMARTS) is 1. The topological polar surface area (TPSA) is 46.5 Å². The van der Waals surface area contributed by atoms with Crippen LogP contribution in [-0.4, -0.2) is 23.9 Å². The smallest absolute Gasteiger partial charge is 0.341 e. The fourth-order valence-corrected chi connectivity index (χ4v) is 3.26. The molecule has 1 N–H and O–H groups in total. The predicted octanol–water partition coefficient (Wildman–Crippen LogP) is 6.68. The van der Waals surface area contributed by atoms with Gasteiger partial charge in [-0.05, 0) is 47.2 Å². The zero-order valence-electron chi connectivity index (χ0n) is 17.0. The Labute approximate surface area is 183 Å². The van der Waals surface area contributed by atoms with E-state index in [9.17, 15) is 4.79 Å². The lowest BCUT2D eigenvalue weighted by Crippen LogP contribution is -2.09. The maximum atomic E-state index is 10.5. The van der Waals surface area contributed by atoms with Gasteiger partial charge >= 0.3 is 5.97 Å². The van der Waals surface area contributed by atoms with Crippen molar-refractivity contribution in [3.63, 3.8) is 0 Å². The Kier molecular flexibility index (Phi) is 12.4. The van der Waals surface area contributed by atoms with Gasteiger partial charge in [0.05, 0.1) is 0 Å². The molecule has 0 atom stereocenters. The van der Waals surface area contributed by atoms with Crippen molar-refractivity contribution < 1.29 is 14.6 Å². The molecule has 3 nitrogen and oxygen atoms in total. The van der Waals surface area contributed by atoms with Crippen LogP contribution in [0.2, 0.25) is 0 Å². The van der Waals surface area contributed by atoms with Gasteiger partial charge in [0.1, 0.15) is 5.75 Å². The SMILES string of the molecule is CC.CS.O=C(O)COc1ccc(SCc2cccc(-c3ccccc3)c2)cc1. The van der Waals surface area contributed by atoms with Gasteiger partial charge < -0.3 is 9.84 Å². The fourth-order valence-electron chi connectivity index (χ4n) is 2.42. The van der Waals surface area contributed by atoms with Crippen molar-refractivity contribution >= 4 is 30.4 Å². The summed E-state index contributed by atoms with van der Waals surface area (Å²) in [5, 5.41) is 8.62. The van der Waals surface area contributed by atoms with Crippen LogP contribution in [0, 0.1) is 0 Å². The highest BCUT2D eigenvalue weighted by molar-refractivity contribution is 7.98. The van der Waals surface area contributed by atoms with Crippen LogP contribution in [0.15, 0.2) is 83.8 Å². The normalized spacial score (nSPS) is 9.38. The lowest BCUT2D eigenvalue weighted by molar-refractivity contribution is -0.139. The van der Waals surface area contributed by atoms with E-state index < -0.39 is 5.97 Å². The van der Waals surface area contributed by atoms with Crippen molar-refractivity contribution in [3.8, 4) is 16.9 Å².